The summed E-state index contributed by atoms with van der Waals surface area (Å²) >= 11 is 7.43. The van der Waals surface area contributed by atoms with E-state index in [0.29, 0.717) is 0 Å². The molecule has 5 rings (SSSR count). The molecule has 1 aliphatic rings. The Morgan fingerprint density at radius 2 is 1.12 bits per heavy atom. The maximum Gasteiger partial charge on any atom is 0.253 e. The standard InChI is InChI=1S/C27H26P2.C7H9.C5H7ClO5.Ru/c1-5-14-24(15-6-1)28(25-16-7-2-8-17-25)22-13-23-29(26-18-9-3-10-19-26)27-20-11-4-12-21-27;1-2-7-5-3-4-6-7;6-5(11)4(10)3(9)2(8)1-7;/h1-12,14-21H,13,22-23H2;3,5H,2,4H2,1H3;1-4,8-10H;. The minimum absolute atomic E-state index is 0.00623. The summed E-state index contributed by atoms with van der Waals surface area (Å²) < 4.78 is 1.48. The SMILES string of the molecule is CCC1=[C]([Ru])CC=C1.O=CC(O)C(O)C(O)C(=O)Cl.c1ccc(P(CCCP(c2ccccc2)c2ccccc2)c2ccccc2)cc1. The largest absolute Gasteiger partial charge is 0.387 e. The van der Waals surface area contributed by atoms with Crippen molar-refractivity contribution >= 4 is 60.2 Å². The molecule has 9 heteroatoms. The number of rotatable bonds is 13. The van der Waals surface area contributed by atoms with E-state index in [1.54, 1.807) is 0 Å². The Hall–Kier alpha value is -2.65. The first-order chi connectivity index (χ1) is 23.3. The van der Waals surface area contributed by atoms with E-state index >= 15 is 0 Å². The van der Waals surface area contributed by atoms with Crippen LogP contribution in [-0.4, -0.2) is 57.5 Å². The fourth-order valence-corrected chi connectivity index (χ4v) is 10.6. The molecule has 1 aliphatic carbocycles. The van der Waals surface area contributed by atoms with Crippen LogP contribution in [0.5, 0.6) is 0 Å². The summed E-state index contributed by atoms with van der Waals surface area (Å²) in [5, 5.41) is 30.6. The molecule has 253 valence electrons. The molecule has 0 saturated heterocycles. The Balaban J connectivity index is 0.000000269. The van der Waals surface area contributed by atoms with Gasteiger partial charge in [-0.3, -0.25) is 4.79 Å². The second-order valence-electron chi connectivity index (χ2n) is 10.7. The molecule has 5 nitrogen and oxygen atoms in total. The van der Waals surface area contributed by atoms with Gasteiger partial charge in [-0.15, -0.1) is 0 Å². The maximum atomic E-state index is 10.1. The first-order valence-electron chi connectivity index (χ1n) is 15.7. The number of benzene rings is 4. The summed E-state index contributed by atoms with van der Waals surface area (Å²) in [4.78, 5) is 19.9. The first kappa shape index (κ1) is 39.8. The smallest absolute Gasteiger partial charge is 0.253 e. The van der Waals surface area contributed by atoms with Crippen LogP contribution in [0.15, 0.2) is 143 Å². The molecule has 0 bridgehead atoms. The van der Waals surface area contributed by atoms with Crippen LogP contribution in [0.2, 0.25) is 0 Å². The van der Waals surface area contributed by atoms with Crippen molar-refractivity contribution in [1.82, 2.24) is 0 Å². The molecule has 0 amide bonds. The second-order valence-corrected chi connectivity index (χ2v) is 16.8. The van der Waals surface area contributed by atoms with Gasteiger partial charge >= 0.3 is 60.0 Å². The summed E-state index contributed by atoms with van der Waals surface area (Å²) in [5.74, 6) is 0. The summed E-state index contributed by atoms with van der Waals surface area (Å²) in [6.07, 6.45) is 4.87. The minimum atomic E-state index is -1.93. The predicted molar refractivity (Wildman–Crippen MR) is 199 cm³/mol. The number of allylic oxidation sites excluding steroid dienone is 4. The Morgan fingerprint density at radius 1 is 0.750 bits per heavy atom. The topological polar surface area (TPSA) is 94.8 Å². The van der Waals surface area contributed by atoms with E-state index in [2.05, 4.69) is 159 Å². The van der Waals surface area contributed by atoms with Gasteiger partial charge in [-0.1, -0.05) is 121 Å². The fraction of sp³-hybridized carbons (Fsp3) is 0.231. The van der Waals surface area contributed by atoms with E-state index in [1.807, 2.05) is 0 Å². The molecule has 0 fully saturated rings. The molecule has 0 radical (unpaired) electrons. The molecule has 0 saturated carbocycles. The molecule has 0 heterocycles. The van der Waals surface area contributed by atoms with Gasteiger partial charge in [0.15, 0.2) is 12.4 Å². The van der Waals surface area contributed by atoms with Crippen molar-refractivity contribution in [3.63, 3.8) is 0 Å². The summed E-state index contributed by atoms with van der Waals surface area (Å²) in [6.45, 7) is 2.19. The molecule has 3 atom stereocenters. The van der Waals surface area contributed by atoms with E-state index in [1.165, 1.54) is 56.1 Å². The van der Waals surface area contributed by atoms with Crippen molar-refractivity contribution in [3.8, 4) is 0 Å². The van der Waals surface area contributed by atoms with Gasteiger partial charge in [0.1, 0.15) is 12.2 Å². The molecule has 3 N–H and O–H groups in total. The van der Waals surface area contributed by atoms with Crippen LogP contribution in [-0.2, 0) is 27.9 Å². The number of carbonyl (C=O) groups is 2. The molecule has 3 unspecified atom stereocenters. The summed E-state index contributed by atoms with van der Waals surface area (Å²) in [7, 11) is -0.618. The number of carbonyl (C=O) groups excluding carboxylic acids is 2. The second kappa shape index (κ2) is 22.1. The van der Waals surface area contributed by atoms with E-state index in [9.17, 15) is 9.59 Å². The van der Waals surface area contributed by atoms with E-state index in [-0.39, 0.29) is 22.1 Å². The minimum Gasteiger partial charge on any atom is -0.387 e. The van der Waals surface area contributed by atoms with Crippen molar-refractivity contribution in [2.24, 2.45) is 0 Å². The zero-order chi connectivity index (χ0) is 34.7. The van der Waals surface area contributed by atoms with Gasteiger partial charge in [0.05, 0.1) is 0 Å². The van der Waals surface area contributed by atoms with Crippen molar-refractivity contribution in [2.75, 3.05) is 12.3 Å². The van der Waals surface area contributed by atoms with Crippen molar-refractivity contribution in [1.29, 1.82) is 0 Å². The third kappa shape index (κ3) is 13.0. The molecule has 0 aromatic heterocycles. The third-order valence-electron chi connectivity index (χ3n) is 7.41. The van der Waals surface area contributed by atoms with Gasteiger partial charge in [0.25, 0.3) is 5.24 Å². The van der Waals surface area contributed by atoms with Crippen molar-refractivity contribution in [2.45, 2.75) is 44.5 Å². The van der Waals surface area contributed by atoms with Crippen LogP contribution in [0.3, 0.4) is 0 Å². The number of aliphatic hydroxyl groups is 3. The van der Waals surface area contributed by atoms with Crippen LogP contribution in [0.25, 0.3) is 0 Å². The Labute approximate surface area is 302 Å². The van der Waals surface area contributed by atoms with Gasteiger partial charge < -0.3 is 20.1 Å². The van der Waals surface area contributed by atoms with Gasteiger partial charge in [-0.2, -0.15) is 0 Å². The first-order valence-corrected chi connectivity index (χ1v) is 20.0. The molecular formula is C39H42ClO5P2Ru. The average molecular weight is 789 g/mol. The quantitative estimate of drug-likeness (QED) is 0.0687. The zero-order valence-corrected chi connectivity index (χ0v) is 31.1. The Bertz CT molecular complexity index is 1410. The molecule has 0 spiro atoms. The number of hydrogen-bond donors (Lipinski definition) is 3. The van der Waals surface area contributed by atoms with E-state index in [0.717, 1.165) is 6.42 Å². The predicted octanol–water partition coefficient (Wildman–Crippen LogP) is 5.83. The van der Waals surface area contributed by atoms with Gasteiger partial charge in [0.2, 0.25) is 0 Å². The monoisotopic (exact) mass is 789 g/mol. The third-order valence-corrected chi connectivity index (χ3v) is 13.8. The summed E-state index contributed by atoms with van der Waals surface area (Å²) in [6, 6.07) is 44.3. The molecule has 0 aliphatic heterocycles. The van der Waals surface area contributed by atoms with Crippen LogP contribution < -0.4 is 21.2 Å². The van der Waals surface area contributed by atoms with Crippen molar-refractivity contribution < 1.29 is 43.2 Å². The molecule has 4 aromatic carbocycles. The number of hydrogen-bond acceptors (Lipinski definition) is 5. The van der Waals surface area contributed by atoms with Gasteiger partial charge in [-0.25, -0.2) is 0 Å². The number of halogens is 1. The zero-order valence-electron chi connectivity index (χ0n) is 26.8. The maximum absolute atomic E-state index is 10.1. The molecule has 4 aromatic rings. The van der Waals surface area contributed by atoms with Gasteiger partial charge in [-0.05, 0) is 67.4 Å². The Kier molecular flexibility index (Phi) is 18.4. The van der Waals surface area contributed by atoms with Crippen molar-refractivity contribution in [3.05, 3.63) is 143 Å². The fourth-order valence-electron chi connectivity index (χ4n) is 4.86. The number of aliphatic hydroxyl groups excluding tert-OH is 3. The average Bonchev–Trinajstić information content (AvgIpc) is 3.57. The summed E-state index contributed by atoms with van der Waals surface area (Å²) in [5.41, 5.74) is 1.50. The van der Waals surface area contributed by atoms with Crippen LogP contribution in [0.4, 0.5) is 0 Å². The van der Waals surface area contributed by atoms with E-state index in [4.69, 9.17) is 26.9 Å². The number of aldehydes is 1. The molecule has 48 heavy (non-hydrogen) atoms. The van der Waals surface area contributed by atoms with Crippen LogP contribution >= 0.6 is 27.4 Å². The van der Waals surface area contributed by atoms with E-state index < -0.39 is 23.6 Å². The van der Waals surface area contributed by atoms with Crippen LogP contribution in [0, 0.1) is 0 Å². The Morgan fingerprint density at radius 3 is 1.38 bits per heavy atom. The van der Waals surface area contributed by atoms with Crippen LogP contribution in [0.1, 0.15) is 26.2 Å². The molecular weight excluding hydrogens is 747 g/mol. The normalized spacial score (nSPS) is 14.0. The van der Waals surface area contributed by atoms with Gasteiger partial charge in [0, 0.05) is 0 Å².